The second-order valence-electron chi connectivity index (χ2n) is 2.00. The van der Waals surface area contributed by atoms with Crippen LogP contribution in [0.25, 0.3) is 0 Å². The van der Waals surface area contributed by atoms with Crippen molar-refractivity contribution in [1.29, 1.82) is 0 Å². The summed E-state index contributed by atoms with van der Waals surface area (Å²) in [6.45, 7) is 7.86. The van der Waals surface area contributed by atoms with E-state index in [-0.39, 0.29) is 0 Å². The van der Waals surface area contributed by atoms with Crippen LogP contribution in [0.2, 0.25) is 0 Å². The minimum absolute atomic E-state index is 0.526. The highest BCUT2D eigenvalue weighted by molar-refractivity contribution is 8.16. The van der Waals surface area contributed by atoms with Gasteiger partial charge >= 0.3 is 0 Å². The predicted molar refractivity (Wildman–Crippen MR) is 46.0 cm³/mol. The van der Waals surface area contributed by atoms with Crippen molar-refractivity contribution in [1.82, 2.24) is 0 Å². The Bertz CT molecular complexity index is 116. The zero-order valence-corrected chi connectivity index (χ0v) is 7.03. The Hall–Kier alpha value is -0.240. The van der Waals surface area contributed by atoms with E-state index in [1.807, 2.05) is 12.5 Å². The average Bonchev–Trinajstić information content (AvgIpc) is 1.82. The summed E-state index contributed by atoms with van der Waals surface area (Å²) >= 11 is 1.60. The molecule has 0 N–H and O–H groups in total. The van der Waals surface area contributed by atoms with Crippen LogP contribution in [0, 0.1) is 5.92 Å². The molecule has 0 fully saturated rings. The largest absolute Gasteiger partial charge is 0.286 e. The highest BCUT2D eigenvalue weighted by Crippen LogP contribution is 2.12. The van der Waals surface area contributed by atoms with Gasteiger partial charge in [0.05, 0.1) is 5.04 Å². The van der Waals surface area contributed by atoms with Crippen LogP contribution in [0.1, 0.15) is 13.8 Å². The molecule has 0 spiro atoms. The van der Waals surface area contributed by atoms with Crippen LogP contribution in [0.4, 0.5) is 0 Å². The van der Waals surface area contributed by atoms with Gasteiger partial charge in [0.2, 0.25) is 0 Å². The summed E-state index contributed by atoms with van der Waals surface area (Å²) in [6, 6.07) is 0. The molecule has 0 aliphatic rings. The maximum atomic E-state index is 4.09. The second-order valence-corrected chi connectivity index (χ2v) is 2.99. The molecule has 0 bridgehead atoms. The quantitative estimate of drug-likeness (QED) is 0.427. The van der Waals surface area contributed by atoms with Crippen LogP contribution in [0.15, 0.2) is 17.0 Å². The molecule has 0 aliphatic heterocycles. The van der Waals surface area contributed by atoms with Gasteiger partial charge in [-0.05, 0) is 5.41 Å². The molecule has 1 nitrogen and oxygen atoms in total. The Morgan fingerprint density at radius 2 is 2.22 bits per heavy atom. The van der Waals surface area contributed by atoms with Crippen molar-refractivity contribution in [3.63, 3.8) is 0 Å². The highest BCUT2D eigenvalue weighted by atomic mass is 32.2. The van der Waals surface area contributed by atoms with E-state index >= 15 is 0 Å². The lowest BCUT2D eigenvalue weighted by molar-refractivity contribution is 0.898. The van der Waals surface area contributed by atoms with Crippen molar-refractivity contribution in [2.24, 2.45) is 10.9 Å². The fourth-order valence-corrected chi connectivity index (χ4v) is 1.08. The van der Waals surface area contributed by atoms with Gasteiger partial charge in [0.15, 0.2) is 0 Å². The standard InChI is InChI=1S/C7H13NS/c1-5-9-7(8-4)6(2)3/h5-6H,1H2,2-4H3/b8-7-. The van der Waals surface area contributed by atoms with Crippen molar-refractivity contribution in [3.8, 4) is 0 Å². The Morgan fingerprint density at radius 3 is 2.33 bits per heavy atom. The van der Waals surface area contributed by atoms with Crippen molar-refractivity contribution in [3.05, 3.63) is 12.0 Å². The summed E-state index contributed by atoms with van der Waals surface area (Å²) in [4.78, 5) is 4.09. The normalized spacial score (nSPS) is 12.2. The van der Waals surface area contributed by atoms with Gasteiger partial charge in [-0.15, -0.1) is 0 Å². The molecule has 0 aliphatic carbocycles. The Morgan fingerprint density at radius 1 is 1.67 bits per heavy atom. The molecule has 0 unspecified atom stereocenters. The molecular weight excluding hydrogens is 130 g/mol. The maximum Gasteiger partial charge on any atom is 0.0739 e. The van der Waals surface area contributed by atoms with E-state index in [0.29, 0.717) is 5.92 Å². The molecule has 2 heteroatoms. The van der Waals surface area contributed by atoms with E-state index in [9.17, 15) is 0 Å². The number of thioether (sulfide) groups is 1. The van der Waals surface area contributed by atoms with E-state index in [2.05, 4.69) is 25.4 Å². The average molecular weight is 143 g/mol. The first-order valence-electron chi connectivity index (χ1n) is 2.96. The SMILES string of the molecule is C=CS/C(=N\C)C(C)C. The minimum Gasteiger partial charge on any atom is -0.286 e. The number of hydrogen-bond acceptors (Lipinski definition) is 2. The van der Waals surface area contributed by atoms with Crippen molar-refractivity contribution in [2.75, 3.05) is 7.05 Å². The fourth-order valence-electron chi connectivity index (χ4n) is 0.532. The monoisotopic (exact) mass is 143 g/mol. The van der Waals surface area contributed by atoms with E-state index < -0.39 is 0 Å². The summed E-state index contributed by atoms with van der Waals surface area (Å²) in [5, 5.41) is 2.95. The van der Waals surface area contributed by atoms with Crippen molar-refractivity contribution < 1.29 is 0 Å². The third kappa shape index (κ3) is 3.36. The van der Waals surface area contributed by atoms with Gasteiger partial charge in [0.25, 0.3) is 0 Å². The number of aliphatic imine (C=N–C) groups is 1. The van der Waals surface area contributed by atoms with Crippen LogP contribution >= 0.6 is 11.8 Å². The first-order valence-corrected chi connectivity index (χ1v) is 3.84. The molecular formula is C7H13NS. The van der Waals surface area contributed by atoms with Crippen molar-refractivity contribution >= 4 is 16.8 Å². The van der Waals surface area contributed by atoms with Gasteiger partial charge in [-0.2, -0.15) is 0 Å². The zero-order valence-electron chi connectivity index (χ0n) is 6.22. The second kappa shape index (κ2) is 4.62. The smallest absolute Gasteiger partial charge is 0.0739 e. The Labute approximate surface area is 61.3 Å². The summed E-state index contributed by atoms with van der Waals surface area (Å²) in [6.07, 6.45) is 0. The van der Waals surface area contributed by atoms with E-state index in [0.717, 1.165) is 5.04 Å². The molecule has 0 rings (SSSR count). The van der Waals surface area contributed by atoms with Crippen LogP contribution in [0.5, 0.6) is 0 Å². The van der Waals surface area contributed by atoms with Gasteiger partial charge in [-0.1, -0.05) is 32.2 Å². The Balaban J connectivity index is 3.84. The van der Waals surface area contributed by atoms with E-state index in [4.69, 9.17) is 0 Å². The van der Waals surface area contributed by atoms with Crippen LogP contribution < -0.4 is 0 Å². The predicted octanol–water partition coefficient (Wildman–Crippen LogP) is 2.55. The minimum atomic E-state index is 0.526. The molecule has 0 aromatic rings. The molecule has 0 saturated carbocycles. The fraction of sp³-hybridized carbons (Fsp3) is 0.571. The van der Waals surface area contributed by atoms with Gasteiger partial charge in [0, 0.05) is 13.0 Å². The van der Waals surface area contributed by atoms with Crippen molar-refractivity contribution in [2.45, 2.75) is 13.8 Å². The Kier molecular flexibility index (Phi) is 4.50. The topological polar surface area (TPSA) is 12.4 Å². The molecule has 52 valence electrons. The zero-order chi connectivity index (χ0) is 7.28. The molecule has 0 saturated heterocycles. The third-order valence-electron chi connectivity index (χ3n) is 0.918. The lowest BCUT2D eigenvalue weighted by Gasteiger charge is -2.03. The van der Waals surface area contributed by atoms with Gasteiger partial charge in [0.1, 0.15) is 0 Å². The third-order valence-corrected chi connectivity index (χ3v) is 1.98. The lowest BCUT2D eigenvalue weighted by Crippen LogP contribution is -2.00. The molecule has 0 amide bonds. The first kappa shape index (κ1) is 8.76. The van der Waals surface area contributed by atoms with Gasteiger partial charge in [-0.25, -0.2) is 0 Å². The molecule has 9 heavy (non-hydrogen) atoms. The number of rotatable bonds is 2. The summed E-state index contributed by atoms with van der Waals surface area (Å²) < 4.78 is 0. The van der Waals surface area contributed by atoms with Gasteiger partial charge < -0.3 is 0 Å². The lowest BCUT2D eigenvalue weighted by atomic mass is 10.2. The summed E-state index contributed by atoms with van der Waals surface area (Å²) in [5.41, 5.74) is 0. The molecule has 0 aromatic carbocycles. The van der Waals surface area contributed by atoms with E-state index in [1.54, 1.807) is 11.8 Å². The number of nitrogens with zero attached hydrogens (tertiary/aromatic N) is 1. The first-order chi connectivity index (χ1) is 4.22. The molecule has 0 atom stereocenters. The van der Waals surface area contributed by atoms with E-state index in [1.165, 1.54) is 0 Å². The summed E-state index contributed by atoms with van der Waals surface area (Å²) in [7, 11) is 1.81. The number of hydrogen-bond donors (Lipinski definition) is 0. The van der Waals surface area contributed by atoms with Crippen LogP contribution in [0.3, 0.4) is 0 Å². The maximum absolute atomic E-state index is 4.09. The molecule has 0 heterocycles. The molecule has 0 aromatic heterocycles. The molecule has 0 radical (unpaired) electrons. The highest BCUT2D eigenvalue weighted by Gasteiger charge is 2.00. The summed E-state index contributed by atoms with van der Waals surface area (Å²) in [5.74, 6) is 0.526. The van der Waals surface area contributed by atoms with Crippen LogP contribution in [-0.4, -0.2) is 12.1 Å². The van der Waals surface area contributed by atoms with Gasteiger partial charge in [-0.3, -0.25) is 4.99 Å². The van der Waals surface area contributed by atoms with Crippen LogP contribution in [-0.2, 0) is 0 Å².